The van der Waals surface area contributed by atoms with Crippen LogP contribution in [0.4, 0.5) is 0 Å². The van der Waals surface area contributed by atoms with E-state index in [4.69, 9.17) is 4.42 Å². The summed E-state index contributed by atoms with van der Waals surface area (Å²) in [4.78, 5) is 4.55. The van der Waals surface area contributed by atoms with Crippen LogP contribution in [0.15, 0.2) is 47.1 Å². The topological polar surface area (TPSA) is 42.5 Å². The lowest BCUT2D eigenvalue weighted by molar-refractivity contribution is 0.415. The molecule has 3 heterocycles. The number of fused-ring (bicyclic) bond motifs is 1. The standard InChI is InChI=1S/C15H17N3O/c1-11-6-7-14(19-11)12(2)16-9-13-10-18-8-4-3-5-15(18)17-13/h3-8,10,12,16H,9H2,1-2H3. The molecule has 3 rings (SSSR count). The van der Waals surface area contributed by atoms with Crippen molar-refractivity contribution >= 4 is 5.65 Å². The molecule has 0 aliphatic rings. The molecule has 0 saturated carbocycles. The number of hydrogen-bond donors (Lipinski definition) is 1. The lowest BCUT2D eigenvalue weighted by Crippen LogP contribution is -2.17. The molecule has 19 heavy (non-hydrogen) atoms. The van der Waals surface area contributed by atoms with E-state index < -0.39 is 0 Å². The van der Waals surface area contributed by atoms with E-state index in [0.717, 1.165) is 29.4 Å². The molecule has 4 heteroatoms. The highest BCUT2D eigenvalue weighted by Crippen LogP contribution is 2.16. The van der Waals surface area contributed by atoms with Gasteiger partial charge in [-0.15, -0.1) is 0 Å². The third kappa shape index (κ3) is 2.53. The SMILES string of the molecule is Cc1ccc(C(C)NCc2cn3ccccc3n2)o1. The average molecular weight is 255 g/mol. The first-order valence-corrected chi connectivity index (χ1v) is 6.45. The highest BCUT2D eigenvalue weighted by atomic mass is 16.3. The van der Waals surface area contributed by atoms with Gasteiger partial charge < -0.3 is 14.1 Å². The van der Waals surface area contributed by atoms with Crippen LogP contribution in [0.2, 0.25) is 0 Å². The summed E-state index contributed by atoms with van der Waals surface area (Å²) in [6.45, 7) is 4.77. The van der Waals surface area contributed by atoms with E-state index in [2.05, 4.69) is 17.2 Å². The van der Waals surface area contributed by atoms with Crippen LogP contribution in [0, 0.1) is 6.92 Å². The van der Waals surface area contributed by atoms with Crippen LogP contribution in [-0.4, -0.2) is 9.38 Å². The van der Waals surface area contributed by atoms with Crippen molar-refractivity contribution in [1.82, 2.24) is 14.7 Å². The van der Waals surface area contributed by atoms with Gasteiger partial charge in [-0.05, 0) is 38.1 Å². The van der Waals surface area contributed by atoms with Crippen LogP contribution in [0.3, 0.4) is 0 Å². The summed E-state index contributed by atoms with van der Waals surface area (Å²) in [5.74, 6) is 1.90. The minimum Gasteiger partial charge on any atom is -0.465 e. The zero-order valence-electron chi connectivity index (χ0n) is 11.1. The lowest BCUT2D eigenvalue weighted by Gasteiger charge is -2.09. The van der Waals surface area contributed by atoms with Gasteiger partial charge in [0.2, 0.25) is 0 Å². The highest BCUT2D eigenvalue weighted by Gasteiger charge is 2.09. The molecule has 0 amide bonds. The summed E-state index contributed by atoms with van der Waals surface area (Å²) in [5, 5.41) is 3.42. The summed E-state index contributed by atoms with van der Waals surface area (Å²) >= 11 is 0. The molecule has 0 aliphatic carbocycles. The number of pyridine rings is 1. The Bertz CT molecular complexity index is 650. The summed E-state index contributed by atoms with van der Waals surface area (Å²) in [5.41, 5.74) is 2.00. The molecule has 3 aromatic heterocycles. The number of nitrogens with one attached hydrogen (secondary N) is 1. The Labute approximate surface area is 112 Å². The van der Waals surface area contributed by atoms with Gasteiger partial charge in [-0.1, -0.05) is 6.07 Å². The van der Waals surface area contributed by atoms with E-state index in [0.29, 0.717) is 0 Å². The zero-order chi connectivity index (χ0) is 13.2. The van der Waals surface area contributed by atoms with Gasteiger partial charge in [0.05, 0.1) is 11.7 Å². The van der Waals surface area contributed by atoms with Gasteiger partial charge in [0.15, 0.2) is 0 Å². The number of hydrogen-bond acceptors (Lipinski definition) is 3. The second-order valence-corrected chi connectivity index (χ2v) is 4.75. The molecule has 0 spiro atoms. The predicted molar refractivity (Wildman–Crippen MR) is 73.9 cm³/mol. The van der Waals surface area contributed by atoms with Gasteiger partial charge >= 0.3 is 0 Å². The van der Waals surface area contributed by atoms with Gasteiger partial charge in [0.25, 0.3) is 0 Å². The van der Waals surface area contributed by atoms with E-state index in [1.807, 2.05) is 54.0 Å². The molecule has 1 atom stereocenters. The Morgan fingerprint density at radius 3 is 2.95 bits per heavy atom. The van der Waals surface area contributed by atoms with E-state index in [-0.39, 0.29) is 6.04 Å². The fourth-order valence-corrected chi connectivity index (χ4v) is 2.12. The third-order valence-electron chi connectivity index (χ3n) is 3.19. The maximum atomic E-state index is 5.60. The van der Waals surface area contributed by atoms with Crippen LogP contribution in [0.1, 0.15) is 30.2 Å². The number of furan rings is 1. The second kappa shape index (κ2) is 4.90. The molecule has 0 fully saturated rings. The molecule has 98 valence electrons. The van der Waals surface area contributed by atoms with Gasteiger partial charge in [-0.2, -0.15) is 0 Å². The molecule has 1 unspecified atom stereocenters. The predicted octanol–water partition coefficient (Wildman–Crippen LogP) is 3.09. The molecule has 1 N–H and O–H groups in total. The van der Waals surface area contributed by atoms with Crippen molar-refractivity contribution in [3.8, 4) is 0 Å². The largest absolute Gasteiger partial charge is 0.465 e. The molecule has 3 aromatic rings. The fourth-order valence-electron chi connectivity index (χ4n) is 2.12. The summed E-state index contributed by atoms with van der Waals surface area (Å²) in [6, 6.07) is 10.2. The fraction of sp³-hybridized carbons (Fsp3) is 0.267. The Morgan fingerprint density at radius 2 is 2.21 bits per heavy atom. The molecule has 0 aliphatic heterocycles. The summed E-state index contributed by atoms with van der Waals surface area (Å²) in [7, 11) is 0. The summed E-state index contributed by atoms with van der Waals surface area (Å²) in [6.07, 6.45) is 4.05. The Balaban J connectivity index is 1.68. The normalized spacial score (nSPS) is 12.9. The van der Waals surface area contributed by atoms with Crippen LogP contribution in [-0.2, 0) is 6.54 Å². The minimum absolute atomic E-state index is 0.179. The van der Waals surface area contributed by atoms with Crippen LogP contribution < -0.4 is 5.32 Å². The number of aromatic nitrogens is 2. The number of aryl methyl sites for hydroxylation is 1. The number of rotatable bonds is 4. The van der Waals surface area contributed by atoms with Crippen molar-refractivity contribution in [3.63, 3.8) is 0 Å². The Hall–Kier alpha value is -2.07. The van der Waals surface area contributed by atoms with E-state index in [1.165, 1.54) is 0 Å². The van der Waals surface area contributed by atoms with Crippen LogP contribution >= 0.6 is 0 Å². The van der Waals surface area contributed by atoms with E-state index in [1.54, 1.807) is 0 Å². The van der Waals surface area contributed by atoms with Gasteiger partial charge in [-0.25, -0.2) is 4.98 Å². The van der Waals surface area contributed by atoms with Crippen molar-refractivity contribution in [2.45, 2.75) is 26.4 Å². The van der Waals surface area contributed by atoms with Crippen molar-refractivity contribution in [3.05, 3.63) is 59.9 Å². The maximum Gasteiger partial charge on any atom is 0.137 e. The monoisotopic (exact) mass is 255 g/mol. The smallest absolute Gasteiger partial charge is 0.137 e. The number of imidazole rings is 1. The zero-order valence-corrected chi connectivity index (χ0v) is 11.1. The first-order valence-electron chi connectivity index (χ1n) is 6.45. The average Bonchev–Trinajstić information content (AvgIpc) is 3.01. The number of nitrogens with zero attached hydrogens (tertiary/aromatic N) is 2. The molecule has 0 bridgehead atoms. The first-order chi connectivity index (χ1) is 9.22. The van der Waals surface area contributed by atoms with Crippen molar-refractivity contribution < 1.29 is 4.42 Å². The Kier molecular flexibility index (Phi) is 3.09. The Morgan fingerprint density at radius 1 is 1.32 bits per heavy atom. The van der Waals surface area contributed by atoms with Crippen molar-refractivity contribution in [2.24, 2.45) is 0 Å². The quantitative estimate of drug-likeness (QED) is 0.779. The van der Waals surface area contributed by atoms with Gasteiger partial charge in [-0.3, -0.25) is 0 Å². The highest BCUT2D eigenvalue weighted by molar-refractivity contribution is 5.39. The molecule has 0 saturated heterocycles. The van der Waals surface area contributed by atoms with E-state index in [9.17, 15) is 0 Å². The first kappa shape index (κ1) is 12.0. The molecule has 0 aromatic carbocycles. The molecule has 4 nitrogen and oxygen atoms in total. The third-order valence-corrected chi connectivity index (χ3v) is 3.19. The van der Waals surface area contributed by atoms with Gasteiger partial charge in [0.1, 0.15) is 17.2 Å². The van der Waals surface area contributed by atoms with Crippen molar-refractivity contribution in [1.29, 1.82) is 0 Å². The van der Waals surface area contributed by atoms with Crippen LogP contribution in [0.25, 0.3) is 5.65 Å². The molecular weight excluding hydrogens is 238 g/mol. The summed E-state index contributed by atoms with van der Waals surface area (Å²) < 4.78 is 7.63. The lowest BCUT2D eigenvalue weighted by atomic mass is 10.2. The molecular formula is C15H17N3O. The van der Waals surface area contributed by atoms with Gasteiger partial charge in [0, 0.05) is 18.9 Å². The van der Waals surface area contributed by atoms with E-state index >= 15 is 0 Å². The molecule has 0 radical (unpaired) electrons. The minimum atomic E-state index is 0.179. The maximum absolute atomic E-state index is 5.60. The second-order valence-electron chi connectivity index (χ2n) is 4.75. The van der Waals surface area contributed by atoms with Crippen molar-refractivity contribution in [2.75, 3.05) is 0 Å². The van der Waals surface area contributed by atoms with Crippen LogP contribution in [0.5, 0.6) is 0 Å².